The van der Waals surface area contributed by atoms with Crippen LogP contribution < -0.4 is 5.32 Å². The molecule has 0 aromatic rings. The Morgan fingerprint density at radius 3 is 1.26 bits per heavy atom. The number of amides is 1. The highest BCUT2D eigenvalue weighted by Gasteiger charge is 2.18. The normalized spacial score (nSPS) is 12.7. The van der Waals surface area contributed by atoms with Gasteiger partial charge >= 0.3 is 5.97 Å². The predicted octanol–water partition coefficient (Wildman–Crippen LogP) is 13.8. The molecule has 0 aliphatic heterocycles. The molecule has 0 aliphatic rings. The van der Waals surface area contributed by atoms with Gasteiger partial charge in [0.15, 0.2) is 0 Å². The molecule has 0 aromatic carbocycles. The molecule has 0 fully saturated rings. The van der Waals surface area contributed by atoms with Crippen LogP contribution in [0.3, 0.4) is 0 Å². The van der Waals surface area contributed by atoms with Crippen LogP contribution in [-0.4, -0.2) is 47.4 Å². The smallest absolute Gasteiger partial charge is 0.305 e. The number of aliphatic hydroxyl groups excluding tert-OH is 2. The number of allylic oxidation sites excluding steroid dienone is 1. The molecule has 2 unspecified atom stereocenters. The number of unbranched alkanes of at least 4 members (excludes halogenated alkanes) is 33. The van der Waals surface area contributed by atoms with E-state index in [0.717, 1.165) is 57.8 Å². The van der Waals surface area contributed by atoms with E-state index in [1.54, 1.807) is 6.08 Å². The molecule has 0 bridgehead atoms. The minimum Gasteiger partial charge on any atom is -0.466 e. The minimum absolute atomic E-state index is 0.00180. The van der Waals surface area contributed by atoms with Gasteiger partial charge in [-0.15, -0.1) is 0 Å². The van der Waals surface area contributed by atoms with E-state index < -0.39 is 12.1 Å². The zero-order valence-corrected chi connectivity index (χ0v) is 36.2. The van der Waals surface area contributed by atoms with Gasteiger partial charge in [0.1, 0.15) is 0 Å². The Bertz CT molecular complexity index is 802. The van der Waals surface area contributed by atoms with Gasteiger partial charge < -0.3 is 20.3 Å². The van der Waals surface area contributed by atoms with Gasteiger partial charge in [0.25, 0.3) is 0 Å². The van der Waals surface area contributed by atoms with Crippen LogP contribution in [0.2, 0.25) is 0 Å². The van der Waals surface area contributed by atoms with Gasteiger partial charge in [-0.1, -0.05) is 225 Å². The molecule has 0 spiro atoms. The fraction of sp³-hybridized carbons (Fsp3) is 0.917. The number of esters is 1. The maximum Gasteiger partial charge on any atom is 0.305 e. The van der Waals surface area contributed by atoms with E-state index in [4.69, 9.17) is 4.74 Å². The number of rotatable bonds is 44. The Balaban J connectivity index is 3.43. The second-order valence-electron chi connectivity index (χ2n) is 16.5. The van der Waals surface area contributed by atoms with Crippen LogP contribution in [0.25, 0.3) is 0 Å². The molecule has 54 heavy (non-hydrogen) atoms. The van der Waals surface area contributed by atoms with Gasteiger partial charge in [0, 0.05) is 12.8 Å². The quantitative estimate of drug-likeness (QED) is 0.0326. The third kappa shape index (κ3) is 40.3. The second-order valence-corrected chi connectivity index (χ2v) is 16.5. The molecule has 0 radical (unpaired) electrons. The van der Waals surface area contributed by atoms with Crippen molar-refractivity contribution in [2.75, 3.05) is 13.2 Å². The summed E-state index contributed by atoms with van der Waals surface area (Å²) in [6.45, 7) is 4.85. The third-order valence-corrected chi connectivity index (χ3v) is 11.1. The second kappa shape index (κ2) is 44.3. The first-order chi connectivity index (χ1) is 26.5. The van der Waals surface area contributed by atoms with E-state index >= 15 is 0 Å². The third-order valence-electron chi connectivity index (χ3n) is 11.1. The van der Waals surface area contributed by atoms with Crippen molar-refractivity contribution in [2.45, 2.75) is 270 Å². The lowest BCUT2D eigenvalue weighted by molar-refractivity contribution is -0.143. The lowest BCUT2D eigenvalue weighted by atomic mass is 10.0. The highest BCUT2D eigenvalue weighted by atomic mass is 16.5. The van der Waals surface area contributed by atoms with Crippen LogP contribution in [0.1, 0.15) is 258 Å². The van der Waals surface area contributed by atoms with Crippen molar-refractivity contribution in [3.05, 3.63) is 12.2 Å². The summed E-state index contributed by atoms with van der Waals surface area (Å²) in [6, 6.07) is -0.632. The van der Waals surface area contributed by atoms with E-state index in [1.165, 1.54) is 173 Å². The number of hydrogen-bond donors (Lipinski definition) is 3. The number of hydrogen-bond acceptors (Lipinski definition) is 5. The van der Waals surface area contributed by atoms with Crippen molar-refractivity contribution in [3.8, 4) is 0 Å². The van der Waals surface area contributed by atoms with Crippen LogP contribution in [0.15, 0.2) is 12.2 Å². The molecular weight excluding hydrogens is 671 g/mol. The first-order valence-corrected chi connectivity index (χ1v) is 24.0. The molecule has 0 saturated carbocycles. The largest absolute Gasteiger partial charge is 0.466 e. The molecule has 0 rings (SSSR count). The number of carbonyl (C=O) groups is 2. The molecule has 0 aliphatic carbocycles. The van der Waals surface area contributed by atoms with Crippen LogP contribution in [0.4, 0.5) is 0 Å². The van der Waals surface area contributed by atoms with Gasteiger partial charge in [-0.2, -0.15) is 0 Å². The van der Waals surface area contributed by atoms with E-state index in [1.807, 2.05) is 6.08 Å². The Labute approximate surface area is 336 Å². The number of aliphatic hydroxyl groups is 2. The Hall–Kier alpha value is -1.40. The maximum absolute atomic E-state index is 12.3. The molecule has 6 nitrogen and oxygen atoms in total. The zero-order chi connectivity index (χ0) is 39.4. The zero-order valence-electron chi connectivity index (χ0n) is 36.2. The molecule has 0 aromatic heterocycles. The summed E-state index contributed by atoms with van der Waals surface area (Å²) in [5.41, 5.74) is 0. The van der Waals surface area contributed by atoms with Gasteiger partial charge in [0.05, 0.1) is 25.4 Å². The monoisotopic (exact) mass is 764 g/mol. The summed E-state index contributed by atoms with van der Waals surface area (Å²) in [6.07, 6.45) is 49.2. The predicted molar refractivity (Wildman–Crippen MR) is 232 cm³/mol. The first-order valence-electron chi connectivity index (χ1n) is 24.0. The number of carbonyl (C=O) groups excluding carboxylic acids is 2. The summed E-state index contributed by atoms with van der Waals surface area (Å²) < 4.78 is 5.46. The summed E-state index contributed by atoms with van der Waals surface area (Å²) in [4.78, 5) is 24.3. The van der Waals surface area contributed by atoms with Crippen molar-refractivity contribution in [3.63, 3.8) is 0 Å². The van der Waals surface area contributed by atoms with E-state index in [2.05, 4.69) is 19.2 Å². The molecule has 6 heteroatoms. The van der Waals surface area contributed by atoms with Crippen LogP contribution in [-0.2, 0) is 14.3 Å². The topological polar surface area (TPSA) is 95.9 Å². The van der Waals surface area contributed by atoms with Crippen LogP contribution in [0, 0.1) is 0 Å². The van der Waals surface area contributed by atoms with Crippen molar-refractivity contribution < 1.29 is 24.5 Å². The highest BCUT2D eigenvalue weighted by Crippen LogP contribution is 2.16. The van der Waals surface area contributed by atoms with Crippen molar-refractivity contribution in [1.82, 2.24) is 5.32 Å². The first kappa shape index (κ1) is 52.6. The van der Waals surface area contributed by atoms with Crippen molar-refractivity contribution in [2.24, 2.45) is 0 Å². The standard InChI is InChI=1S/C48H93NO5/c1-3-5-7-9-11-13-14-15-19-22-26-30-34-38-42-48(53)54-43-39-35-31-27-23-20-17-16-18-21-25-29-33-37-41-47(52)49-45(44-50)46(51)40-36-32-28-24-12-10-8-6-4-2/h36,40,45-46,50-51H,3-35,37-39,41-44H2,1-2H3,(H,49,52)/b40-36+. The van der Waals surface area contributed by atoms with E-state index in [-0.39, 0.29) is 18.5 Å². The fourth-order valence-electron chi connectivity index (χ4n) is 7.34. The van der Waals surface area contributed by atoms with E-state index in [9.17, 15) is 19.8 Å². The SMILES string of the molecule is CCCCCCCCC/C=C/C(O)C(CO)NC(=O)CCCCCCCCCCCCCCCCOC(=O)CCCCCCCCCCCCCCCC. The Morgan fingerprint density at radius 2 is 0.852 bits per heavy atom. The molecule has 1 amide bonds. The number of ether oxygens (including phenoxy) is 1. The Kier molecular flexibility index (Phi) is 43.2. The molecule has 320 valence electrons. The average Bonchev–Trinajstić information content (AvgIpc) is 3.17. The van der Waals surface area contributed by atoms with Gasteiger partial charge in [-0.05, 0) is 32.1 Å². The lowest BCUT2D eigenvalue weighted by Crippen LogP contribution is -2.45. The molecule has 3 N–H and O–H groups in total. The summed E-state index contributed by atoms with van der Waals surface area (Å²) in [7, 11) is 0. The fourth-order valence-corrected chi connectivity index (χ4v) is 7.34. The molecular formula is C48H93NO5. The van der Waals surface area contributed by atoms with Crippen molar-refractivity contribution >= 4 is 11.9 Å². The van der Waals surface area contributed by atoms with Gasteiger partial charge in [-0.3, -0.25) is 9.59 Å². The highest BCUT2D eigenvalue weighted by molar-refractivity contribution is 5.76. The van der Waals surface area contributed by atoms with E-state index in [0.29, 0.717) is 19.4 Å². The summed E-state index contributed by atoms with van der Waals surface area (Å²) in [5, 5.41) is 22.9. The summed E-state index contributed by atoms with van der Waals surface area (Å²) in [5.74, 6) is -0.0827. The molecule has 0 heterocycles. The van der Waals surface area contributed by atoms with Gasteiger partial charge in [0.2, 0.25) is 5.91 Å². The maximum atomic E-state index is 12.3. The average molecular weight is 764 g/mol. The minimum atomic E-state index is -0.847. The Morgan fingerprint density at radius 1 is 0.500 bits per heavy atom. The van der Waals surface area contributed by atoms with Crippen LogP contribution >= 0.6 is 0 Å². The number of nitrogens with one attached hydrogen (secondary N) is 1. The lowest BCUT2D eigenvalue weighted by Gasteiger charge is -2.20. The van der Waals surface area contributed by atoms with Crippen molar-refractivity contribution in [1.29, 1.82) is 0 Å². The van der Waals surface area contributed by atoms with Crippen LogP contribution in [0.5, 0.6) is 0 Å². The molecule has 2 atom stereocenters. The van der Waals surface area contributed by atoms with Gasteiger partial charge in [-0.25, -0.2) is 0 Å². The summed E-state index contributed by atoms with van der Waals surface area (Å²) >= 11 is 0. The molecule has 0 saturated heterocycles.